The summed E-state index contributed by atoms with van der Waals surface area (Å²) in [5, 5.41) is 6.87. The van der Waals surface area contributed by atoms with Gasteiger partial charge in [-0.15, -0.1) is 0 Å². The van der Waals surface area contributed by atoms with Crippen LogP contribution in [0, 0.1) is 12.7 Å². The molecule has 0 unspecified atom stereocenters. The van der Waals surface area contributed by atoms with Crippen molar-refractivity contribution in [2.24, 2.45) is 0 Å². The SMILES string of the molecule is COc1cc(N(C(=O)c2c(C)noc2-c2cc(F)ccc2Cl)c2cccc(NC(C)=O)c2)cc(OC)c1OC. The highest BCUT2D eigenvalue weighted by Gasteiger charge is 2.31. The number of hydrogen-bond acceptors (Lipinski definition) is 7. The van der Waals surface area contributed by atoms with Crippen molar-refractivity contribution in [3.63, 3.8) is 0 Å². The Labute approximate surface area is 229 Å². The molecule has 1 aromatic heterocycles. The summed E-state index contributed by atoms with van der Waals surface area (Å²) in [4.78, 5) is 27.5. The molecule has 202 valence electrons. The van der Waals surface area contributed by atoms with Gasteiger partial charge in [0, 0.05) is 30.3 Å². The van der Waals surface area contributed by atoms with Crippen molar-refractivity contribution in [1.29, 1.82) is 0 Å². The van der Waals surface area contributed by atoms with Crippen LogP contribution in [-0.4, -0.2) is 38.3 Å². The van der Waals surface area contributed by atoms with E-state index in [1.54, 1.807) is 43.3 Å². The molecule has 0 aliphatic heterocycles. The Morgan fingerprint density at radius 3 is 2.28 bits per heavy atom. The monoisotopic (exact) mass is 553 g/mol. The van der Waals surface area contributed by atoms with E-state index < -0.39 is 11.7 Å². The maximum absolute atomic E-state index is 14.4. The fourth-order valence-electron chi connectivity index (χ4n) is 4.09. The fourth-order valence-corrected chi connectivity index (χ4v) is 4.30. The van der Waals surface area contributed by atoms with Crippen molar-refractivity contribution < 1.29 is 32.7 Å². The lowest BCUT2D eigenvalue weighted by Crippen LogP contribution is -2.27. The second kappa shape index (κ2) is 11.4. The highest BCUT2D eigenvalue weighted by Crippen LogP contribution is 2.44. The van der Waals surface area contributed by atoms with Gasteiger partial charge in [-0.25, -0.2) is 4.39 Å². The average Bonchev–Trinajstić information content (AvgIpc) is 3.30. The van der Waals surface area contributed by atoms with Crippen LogP contribution in [0.5, 0.6) is 17.2 Å². The van der Waals surface area contributed by atoms with Gasteiger partial charge in [0.05, 0.1) is 43.4 Å². The van der Waals surface area contributed by atoms with Crippen LogP contribution in [-0.2, 0) is 4.79 Å². The van der Waals surface area contributed by atoms with Gasteiger partial charge in [-0.1, -0.05) is 22.8 Å². The molecule has 0 aliphatic carbocycles. The molecule has 9 nitrogen and oxygen atoms in total. The molecule has 4 rings (SSSR count). The van der Waals surface area contributed by atoms with Gasteiger partial charge >= 0.3 is 0 Å². The smallest absolute Gasteiger partial charge is 0.268 e. The number of aryl methyl sites for hydroxylation is 1. The van der Waals surface area contributed by atoms with Gasteiger partial charge < -0.3 is 24.1 Å². The number of ether oxygens (including phenoxy) is 3. The summed E-state index contributed by atoms with van der Waals surface area (Å²) < 4.78 is 36.1. The fraction of sp³-hybridized carbons (Fsp3) is 0.179. The van der Waals surface area contributed by atoms with E-state index in [1.807, 2.05) is 0 Å². The van der Waals surface area contributed by atoms with Crippen LogP contribution >= 0.6 is 11.6 Å². The number of benzene rings is 3. The molecule has 0 radical (unpaired) electrons. The number of halogens is 2. The van der Waals surface area contributed by atoms with Crippen LogP contribution in [0.25, 0.3) is 11.3 Å². The number of nitrogens with zero attached hydrogens (tertiary/aromatic N) is 2. The molecule has 0 spiro atoms. The predicted molar refractivity (Wildman–Crippen MR) is 145 cm³/mol. The van der Waals surface area contributed by atoms with Crippen molar-refractivity contribution in [2.45, 2.75) is 13.8 Å². The second-order valence-electron chi connectivity index (χ2n) is 8.35. The zero-order valence-electron chi connectivity index (χ0n) is 21.8. The maximum atomic E-state index is 14.4. The number of nitrogens with one attached hydrogen (secondary N) is 1. The molecule has 3 aromatic carbocycles. The summed E-state index contributed by atoms with van der Waals surface area (Å²) >= 11 is 6.35. The molecule has 4 aromatic rings. The highest BCUT2D eigenvalue weighted by molar-refractivity contribution is 6.33. The van der Waals surface area contributed by atoms with E-state index in [4.69, 9.17) is 30.3 Å². The standard InChI is InChI=1S/C28H25ClFN3O6/c1-15-25(26(39-32-15)21-11-17(30)9-10-22(21)29)28(35)33(19-8-6-7-18(12-19)31-16(2)34)20-13-23(36-3)27(38-5)24(14-20)37-4/h6-14H,1-5H3,(H,31,34). The molecule has 0 bridgehead atoms. The minimum atomic E-state index is -0.571. The van der Waals surface area contributed by atoms with Crippen LogP contribution in [0.15, 0.2) is 59.1 Å². The summed E-state index contributed by atoms with van der Waals surface area (Å²) in [5.41, 5.74) is 1.66. The third kappa shape index (κ3) is 5.51. The number of aromatic nitrogens is 1. The van der Waals surface area contributed by atoms with Crippen LogP contribution in [0.2, 0.25) is 5.02 Å². The lowest BCUT2D eigenvalue weighted by Gasteiger charge is -2.25. The lowest BCUT2D eigenvalue weighted by molar-refractivity contribution is -0.114. The molecule has 2 amide bonds. The molecule has 1 heterocycles. The summed E-state index contributed by atoms with van der Waals surface area (Å²) in [6.07, 6.45) is 0. The summed E-state index contributed by atoms with van der Waals surface area (Å²) in [5.74, 6) is -0.481. The third-order valence-corrected chi connectivity index (χ3v) is 6.11. The normalized spacial score (nSPS) is 10.6. The molecular weight excluding hydrogens is 529 g/mol. The largest absolute Gasteiger partial charge is 0.493 e. The number of hydrogen-bond donors (Lipinski definition) is 1. The van der Waals surface area contributed by atoms with Crippen LogP contribution in [0.3, 0.4) is 0 Å². The Hall–Kier alpha value is -4.57. The van der Waals surface area contributed by atoms with Gasteiger partial charge in [-0.05, 0) is 43.3 Å². The van der Waals surface area contributed by atoms with Crippen molar-refractivity contribution in [3.05, 3.63) is 76.7 Å². The zero-order chi connectivity index (χ0) is 28.3. The summed E-state index contributed by atoms with van der Waals surface area (Å²) in [7, 11) is 4.38. The molecule has 11 heteroatoms. The first-order valence-electron chi connectivity index (χ1n) is 11.6. The third-order valence-electron chi connectivity index (χ3n) is 5.79. The molecule has 0 saturated heterocycles. The van der Waals surface area contributed by atoms with Gasteiger partial charge in [-0.2, -0.15) is 0 Å². The summed E-state index contributed by atoms with van der Waals surface area (Å²) in [6, 6.07) is 13.6. The lowest BCUT2D eigenvalue weighted by atomic mass is 10.0. The Morgan fingerprint density at radius 2 is 1.67 bits per heavy atom. The van der Waals surface area contributed by atoms with Crippen molar-refractivity contribution in [1.82, 2.24) is 5.16 Å². The predicted octanol–water partition coefficient (Wildman–Crippen LogP) is 6.41. The van der Waals surface area contributed by atoms with Crippen LogP contribution in [0.4, 0.5) is 21.5 Å². The molecule has 0 atom stereocenters. The number of amides is 2. The number of anilines is 3. The number of rotatable bonds is 8. The number of carbonyl (C=O) groups excluding carboxylic acids is 2. The first-order chi connectivity index (χ1) is 18.7. The van der Waals surface area contributed by atoms with Crippen LogP contribution in [0.1, 0.15) is 23.0 Å². The van der Waals surface area contributed by atoms with Gasteiger partial charge in [0.2, 0.25) is 11.7 Å². The Kier molecular flexibility index (Phi) is 8.06. The Morgan fingerprint density at radius 1 is 0.974 bits per heavy atom. The van der Waals surface area contributed by atoms with E-state index in [0.29, 0.717) is 34.3 Å². The highest BCUT2D eigenvalue weighted by atomic mass is 35.5. The molecule has 0 aliphatic rings. The number of methoxy groups -OCH3 is 3. The molecular formula is C28H25ClFN3O6. The molecule has 1 N–H and O–H groups in total. The minimum Gasteiger partial charge on any atom is -0.493 e. The van der Waals surface area contributed by atoms with Crippen molar-refractivity contribution >= 4 is 40.5 Å². The topological polar surface area (TPSA) is 103 Å². The van der Waals surface area contributed by atoms with E-state index in [0.717, 1.165) is 0 Å². The zero-order valence-corrected chi connectivity index (χ0v) is 22.6. The van der Waals surface area contributed by atoms with E-state index in [1.165, 1.54) is 51.4 Å². The van der Waals surface area contributed by atoms with Gasteiger partial charge in [0.1, 0.15) is 11.4 Å². The van der Waals surface area contributed by atoms with E-state index in [-0.39, 0.29) is 33.5 Å². The first kappa shape index (κ1) is 27.5. The Balaban J connectivity index is 1.97. The van der Waals surface area contributed by atoms with Crippen LogP contribution < -0.4 is 24.4 Å². The van der Waals surface area contributed by atoms with E-state index in [9.17, 15) is 14.0 Å². The quantitative estimate of drug-likeness (QED) is 0.269. The van der Waals surface area contributed by atoms with Gasteiger partial charge in [0.25, 0.3) is 5.91 Å². The maximum Gasteiger partial charge on any atom is 0.268 e. The average molecular weight is 554 g/mol. The van der Waals surface area contributed by atoms with E-state index >= 15 is 0 Å². The second-order valence-corrected chi connectivity index (χ2v) is 8.76. The Bertz CT molecular complexity index is 1530. The first-order valence-corrected chi connectivity index (χ1v) is 12.0. The molecule has 0 saturated carbocycles. The van der Waals surface area contributed by atoms with Gasteiger partial charge in [-0.3, -0.25) is 14.5 Å². The van der Waals surface area contributed by atoms with Gasteiger partial charge in [0.15, 0.2) is 17.3 Å². The van der Waals surface area contributed by atoms with E-state index in [2.05, 4.69) is 10.5 Å². The minimum absolute atomic E-state index is 0.00235. The van der Waals surface area contributed by atoms with Crippen molar-refractivity contribution in [3.8, 4) is 28.6 Å². The number of carbonyl (C=O) groups is 2. The molecule has 0 fully saturated rings. The van der Waals surface area contributed by atoms with Crippen molar-refractivity contribution in [2.75, 3.05) is 31.5 Å². The summed E-state index contributed by atoms with van der Waals surface area (Å²) in [6.45, 7) is 2.97. The molecule has 39 heavy (non-hydrogen) atoms.